The molecule has 0 radical (unpaired) electrons. The first-order valence-corrected chi connectivity index (χ1v) is 7.29. The highest BCUT2D eigenvalue weighted by Crippen LogP contribution is 2.44. The maximum absolute atomic E-state index is 9.72. The predicted octanol–water partition coefficient (Wildman–Crippen LogP) is 4.13. The van der Waals surface area contributed by atoms with Crippen molar-refractivity contribution in [1.29, 1.82) is 0 Å². The van der Waals surface area contributed by atoms with Gasteiger partial charge in [0.05, 0.1) is 6.61 Å². The third-order valence-electron chi connectivity index (χ3n) is 3.56. The van der Waals surface area contributed by atoms with Crippen LogP contribution in [0.1, 0.15) is 18.1 Å². The standard InChI is InChI=1S/C17H15BrO2/c1-17(11-19)15(10-12-6-8-13(18)9-7-12)14-4-2-3-5-16(14)20-17/h2-10,19H,11H2,1H3/b15-10-/t17-/m1/s1. The number of halogens is 1. The summed E-state index contributed by atoms with van der Waals surface area (Å²) >= 11 is 3.43. The Hall–Kier alpha value is -1.58. The zero-order valence-electron chi connectivity index (χ0n) is 11.1. The molecule has 3 heteroatoms. The molecule has 2 aromatic carbocycles. The van der Waals surface area contributed by atoms with Crippen molar-refractivity contribution in [2.45, 2.75) is 12.5 Å². The fourth-order valence-corrected chi connectivity index (χ4v) is 2.70. The monoisotopic (exact) mass is 330 g/mol. The van der Waals surface area contributed by atoms with Crippen molar-refractivity contribution in [3.63, 3.8) is 0 Å². The summed E-state index contributed by atoms with van der Waals surface area (Å²) in [4.78, 5) is 0. The number of hydrogen-bond donors (Lipinski definition) is 1. The van der Waals surface area contributed by atoms with Crippen LogP contribution in [0.5, 0.6) is 5.75 Å². The Kier molecular flexibility index (Phi) is 3.40. The average Bonchev–Trinajstić information content (AvgIpc) is 2.75. The van der Waals surface area contributed by atoms with Crippen LogP contribution < -0.4 is 4.74 Å². The van der Waals surface area contributed by atoms with E-state index >= 15 is 0 Å². The first-order valence-electron chi connectivity index (χ1n) is 6.49. The molecule has 1 aliphatic heterocycles. The van der Waals surface area contributed by atoms with Crippen LogP contribution in [0, 0.1) is 0 Å². The van der Waals surface area contributed by atoms with Crippen LogP contribution in [0.25, 0.3) is 11.6 Å². The van der Waals surface area contributed by atoms with E-state index in [-0.39, 0.29) is 6.61 Å². The Morgan fingerprint density at radius 1 is 1.15 bits per heavy atom. The maximum atomic E-state index is 9.72. The molecule has 0 aliphatic carbocycles. The topological polar surface area (TPSA) is 29.5 Å². The molecule has 0 fully saturated rings. The van der Waals surface area contributed by atoms with E-state index < -0.39 is 5.60 Å². The number of aliphatic hydroxyl groups is 1. The van der Waals surface area contributed by atoms with E-state index in [4.69, 9.17) is 4.74 Å². The Balaban J connectivity index is 2.11. The molecule has 1 aliphatic rings. The van der Waals surface area contributed by atoms with E-state index in [0.717, 1.165) is 26.9 Å². The second kappa shape index (κ2) is 5.08. The van der Waals surface area contributed by atoms with Crippen molar-refractivity contribution in [2.75, 3.05) is 6.61 Å². The minimum absolute atomic E-state index is 0.0515. The van der Waals surface area contributed by atoms with Crippen LogP contribution >= 0.6 is 15.9 Å². The van der Waals surface area contributed by atoms with E-state index in [1.807, 2.05) is 55.5 Å². The molecule has 0 aromatic heterocycles. The molecule has 1 heterocycles. The van der Waals surface area contributed by atoms with Gasteiger partial charge in [-0.3, -0.25) is 0 Å². The van der Waals surface area contributed by atoms with E-state index in [2.05, 4.69) is 22.0 Å². The molecule has 0 spiro atoms. The maximum Gasteiger partial charge on any atom is 0.155 e. The molecule has 0 saturated heterocycles. The highest BCUT2D eigenvalue weighted by atomic mass is 79.9. The minimum Gasteiger partial charge on any atom is -0.480 e. The molecule has 0 saturated carbocycles. The van der Waals surface area contributed by atoms with Gasteiger partial charge in [0.15, 0.2) is 5.60 Å². The second-order valence-corrected chi connectivity index (χ2v) is 6.01. The van der Waals surface area contributed by atoms with Crippen molar-refractivity contribution in [3.8, 4) is 5.75 Å². The molecular formula is C17H15BrO2. The summed E-state index contributed by atoms with van der Waals surface area (Å²) in [6.07, 6.45) is 2.08. The third-order valence-corrected chi connectivity index (χ3v) is 4.09. The Bertz CT molecular complexity index is 661. The molecular weight excluding hydrogens is 316 g/mol. The summed E-state index contributed by atoms with van der Waals surface area (Å²) in [5.41, 5.74) is 2.46. The molecule has 2 aromatic rings. The summed E-state index contributed by atoms with van der Waals surface area (Å²) in [5, 5.41) is 9.72. The van der Waals surface area contributed by atoms with Crippen molar-refractivity contribution < 1.29 is 9.84 Å². The lowest BCUT2D eigenvalue weighted by Gasteiger charge is -2.23. The van der Waals surface area contributed by atoms with Gasteiger partial charge in [0, 0.05) is 15.6 Å². The van der Waals surface area contributed by atoms with Gasteiger partial charge in [-0.1, -0.05) is 46.3 Å². The summed E-state index contributed by atoms with van der Waals surface area (Å²) in [7, 11) is 0. The highest BCUT2D eigenvalue weighted by Gasteiger charge is 2.39. The number of fused-ring (bicyclic) bond motifs is 1. The number of benzene rings is 2. The molecule has 0 unspecified atom stereocenters. The van der Waals surface area contributed by atoms with E-state index in [1.165, 1.54) is 0 Å². The molecule has 102 valence electrons. The molecule has 2 nitrogen and oxygen atoms in total. The van der Waals surface area contributed by atoms with Crippen molar-refractivity contribution in [2.24, 2.45) is 0 Å². The SMILES string of the molecule is C[C@]1(CO)Oc2ccccc2/C1=C/c1ccc(Br)cc1. The van der Waals surface area contributed by atoms with Gasteiger partial charge in [-0.25, -0.2) is 0 Å². The number of rotatable bonds is 2. The van der Waals surface area contributed by atoms with Crippen LogP contribution in [-0.2, 0) is 0 Å². The fourth-order valence-electron chi connectivity index (χ4n) is 2.43. The first kappa shape index (κ1) is 13.4. The van der Waals surface area contributed by atoms with Gasteiger partial charge in [0.1, 0.15) is 5.75 Å². The quantitative estimate of drug-likeness (QED) is 0.896. The van der Waals surface area contributed by atoms with Gasteiger partial charge in [-0.2, -0.15) is 0 Å². The number of para-hydroxylation sites is 1. The molecule has 3 rings (SSSR count). The number of ether oxygens (including phenoxy) is 1. The van der Waals surface area contributed by atoms with Gasteiger partial charge in [-0.05, 0) is 36.8 Å². The van der Waals surface area contributed by atoms with Crippen LogP contribution in [0.15, 0.2) is 53.0 Å². The lowest BCUT2D eigenvalue weighted by atomic mass is 9.91. The summed E-state index contributed by atoms with van der Waals surface area (Å²) in [6, 6.07) is 16.0. The van der Waals surface area contributed by atoms with Crippen LogP contribution in [0.3, 0.4) is 0 Å². The zero-order valence-corrected chi connectivity index (χ0v) is 12.7. The highest BCUT2D eigenvalue weighted by molar-refractivity contribution is 9.10. The lowest BCUT2D eigenvalue weighted by Crippen LogP contribution is -2.33. The van der Waals surface area contributed by atoms with Gasteiger partial charge in [0.2, 0.25) is 0 Å². The zero-order chi connectivity index (χ0) is 14.2. The lowest BCUT2D eigenvalue weighted by molar-refractivity contribution is 0.0858. The smallest absolute Gasteiger partial charge is 0.155 e. The third kappa shape index (κ3) is 2.28. The predicted molar refractivity (Wildman–Crippen MR) is 84.6 cm³/mol. The molecule has 0 bridgehead atoms. The summed E-state index contributed by atoms with van der Waals surface area (Å²) in [5.74, 6) is 0.826. The Morgan fingerprint density at radius 3 is 2.55 bits per heavy atom. The van der Waals surface area contributed by atoms with Crippen molar-refractivity contribution in [3.05, 3.63) is 64.1 Å². The summed E-state index contributed by atoms with van der Waals surface area (Å²) in [6.45, 7) is 1.86. The van der Waals surface area contributed by atoms with Gasteiger partial charge in [-0.15, -0.1) is 0 Å². The minimum atomic E-state index is -0.684. The Labute approximate surface area is 126 Å². The van der Waals surface area contributed by atoms with E-state index in [9.17, 15) is 5.11 Å². The van der Waals surface area contributed by atoms with Gasteiger partial charge >= 0.3 is 0 Å². The largest absolute Gasteiger partial charge is 0.480 e. The molecule has 20 heavy (non-hydrogen) atoms. The number of aliphatic hydroxyl groups excluding tert-OH is 1. The molecule has 0 amide bonds. The van der Waals surface area contributed by atoms with E-state index in [0.29, 0.717) is 0 Å². The van der Waals surface area contributed by atoms with E-state index in [1.54, 1.807) is 0 Å². The van der Waals surface area contributed by atoms with Crippen LogP contribution in [0.4, 0.5) is 0 Å². The first-order chi connectivity index (χ1) is 9.62. The normalized spacial score (nSPS) is 22.6. The van der Waals surface area contributed by atoms with Gasteiger partial charge < -0.3 is 9.84 Å². The van der Waals surface area contributed by atoms with Gasteiger partial charge in [0.25, 0.3) is 0 Å². The Morgan fingerprint density at radius 2 is 1.85 bits per heavy atom. The fraction of sp³-hybridized carbons (Fsp3) is 0.176. The van der Waals surface area contributed by atoms with Crippen molar-refractivity contribution >= 4 is 27.6 Å². The van der Waals surface area contributed by atoms with Crippen LogP contribution in [-0.4, -0.2) is 17.3 Å². The average molecular weight is 331 g/mol. The van der Waals surface area contributed by atoms with Crippen LogP contribution in [0.2, 0.25) is 0 Å². The molecule has 1 atom stereocenters. The number of hydrogen-bond acceptors (Lipinski definition) is 2. The second-order valence-electron chi connectivity index (χ2n) is 5.10. The summed E-state index contributed by atoms with van der Waals surface area (Å²) < 4.78 is 6.97. The molecule has 1 N–H and O–H groups in total. The van der Waals surface area contributed by atoms with Crippen molar-refractivity contribution in [1.82, 2.24) is 0 Å².